The Bertz CT molecular complexity index is 1140. The lowest BCUT2D eigenvalue weighted by Crippen LogP contribution is -1.87. The number of pyridine rings is 2. The van der Waals surface area contributed by atoms with Crippen molar-refractivity contribution < 1.29 is 10.2 Å². The van der Waals surface area contributed by atoms with Gasteiger partial charge in [-0.25, -0.2) is 0 Å². The highest BCUT2D eigenvalue weighted by atomic mass is 35.5. The quantitative estimate of drug-likeness (QED) is 0.551. The zero-order valence-electron chi connectivity index (χ0n) is 14.3. The number of halogens is 1. The van der Waals surface area contributed by atoms with Gasteiger partial charge in [-0.05, 0) is 47.5 Å². The second-order valence-electron chi connectivity index (χ2n) is 5.78. The first kappa shape index (κ1) is 18.7. The van der Waals surface area contributed by atoms with Crippen molar-refractivity contribution >= 4 is 33.4 Å². The molecule has 0 aliphatic heterocycles. The SMILES string of the molecule is N#Cc1ccnc2ccc(CO)cc12.OCc1ccc2nccc(Cl)c2c1. The fourth-order valence-corrected chi connectivity index (χ4v) is 2.86. The van der Waals surface area contributed by atoms with Gasteiger partial charge in [0.2, 0.25) is 0 Å². The second kappa shape index (κ2) is 8.56. The number of hydrogen-bond donors (Lipinski definition) is 2. The van der Waals surface area contributed by atoms with E-state index in [4.69, 9.17) is 27.1 Å². The third-order valence-corrected chi connectivity index (χ3v) is 4.37. The van der Waals surface area contributed by atoms with E-state index < -0.39 is 0 Å². The number of aliphatic hydroxyl groups excluding tert-OH is 2. The van der Waals surface area contributed by atoms with Crippen LogP contribution in [-0.4, -0.2) is 20.2 Å². The molecule has 27 heavy (non-hydrogen) atoms. The number of aromatic nitrogens is 2. The number of fused-ring (bicyclic) bond motifs is 2. The molecule has 2 N–H and O–H groups in total. The van der Waals surface area contributed by atoms with Gasteiger partial charge in [0.05, 0.1) is 40.9 Å². The third kappa shape index (κ3) is 4.21. The summed E-state index contributed by atoms with van der Waals surface area (Å²) in [5, 5.41) is 29.1. The molecule has 6 heteroatoms. The van der Waals surface area contributed by atoms with Crippen molar-refractivity contribution in [3.05, 3.63) is 82.6 Å². The van der Waals surface area contributed by atoms with Crippen LogP contribution in [0.25, 0.3) is 21.8 Å². The highest BCUT2D eigenvalue weighted by molar-refractivity contribution is 6.35. The van der Waals surface area contributed by atoms with Crippen LogP contribution in [0.4, 0.5) is 0 Å². The molecule has 0 spiro atoms. The Hall–Kier alpha value is -3.04. The van der Waals surface area contributed by atoms with Gasteiger partial charge in [-0.15, -0.1) is 0 Å². The normalized spacial score (nSPS) is 10.3. The molecule has 0 aliphatic rings. The molecule has 0 unspecified atom stereocenters. The summed E-state index contributed by atoms with van der Waals surface area (Å²) in [6.07, 6.45) is 3.28. The number of nitriles is 1. The molecule has 5 nitrogen and oxygen atoms in total. The van der Waals surface area contributed by atoms with Crippen molar-refractivity contribution in [1.82, 2.24) is 9.97 Å². The van der Waals surface area contributed by atoms with Gasteiger partial charge in [0.25, 0.3) is 0 Å². The first-order valence-corrected chi connectivity index (χ1v) is 8.56. The number of benzene rings is 2. The largest absolute Gasteiger partial charge is 0.392 e. The molecule has 2 aromatic heterocycles. The molecule has 0 amide bonds. The predicted molar refractivity (Wildman–Crippen MR) is 105 cm³/mol. The Kier molecular flexibility index (Phi) is 5.94. The Balaban J connectivity index is 0.000000156. The van der Waals surface area contributed by atoms with Crippen LogP contribution in [0.2, 0.25) is 5.02 Å². The van der Waals surface area contributed by atoms with E-state index in [-0.39, 0.29) is 13.2 Å². The van der Waals surface area contributed by atoms with Crippen LogP contribution in [0.15, 0.2) is 60.9 Å². The van der Waals surface area contributed by atoms with Crippen molar-refractivity contribution in [2.75, 3.05) is 0 Å². The summed E-state index contributed by atoms with van der Waals surface area (Å²) in [6, 6.07) is 16.5. The fourth-order valence-electron chi connectivity index (χ4n) is 2.65. The average Bonchev–Trinajstić information content (AvgIpc) is 2.73. The van der Waals surface area contributed by atoms with E-state index in [2.05, 4.69) is 16.0 Å². The van der Waals surface area contributed by atoms with Crippen molar-refractivity contribution in [2.45, 2.75) is 13.2 Å². The summed E-state index contributed by atoms with van der Waals surface area (Å²) in [7, 11) is 0. The molecule has 4 rings (SSSR count). The monoisotopic (exact) mass is 377 g/mol. The fraction of sp³-hybridized carbons (Fsp3) is 0.0952. The summed E-state index contributed by atoms with van der Waals surface area (Å²) in [6.45, 7) is 0.0108. The zero-order chi connectivity index (χ0) is 19.2. The van der Waals surface area contributed by atoms with Gasteiger partial charge in [0.15, 0.2) is 0 Å². The molecule has 4 aromatic rings. The Labute approximate surface area is 161 Å². The summed E-state index contributed by atoms with van der Waals surface area (Å²) in [5.74, 6) is 0. The maximum Gasteiger partial charge on any atom is 0.0999 e. The van der Waals surface area contributed by atoms with Crippen LogP contribution in [-0.2, 0) is 13.2 Å². The highest BCUT2D eigenvalue weighted by Gasteiger charge is 2.02. The van der Waals surface area contributed by atoms with Crippen molar-refractivity contribution in [2.24, 2.45) is 0 Å². The molecule has 2 aromatic carbocycles. The lowest BCUT2D eigenvalue weighted by atomic mass is 10.1. The van der Waals surface area contributed by atoms with Crippen LogP contribution >= 0.6 is 11.6 Å². The van der Waals surface area contributed by atoms with E-state index in [0.717, 1.165) is 32.9 Å². The second-order valence-corrected chi connectivity index (χ2v) is 6.19. The minimum absolute atomic E-state index is 0.0182. The van der Waals surface area contributed by atoms with Gasteiger partial charge in [-0.1, -0.05) is 23.7 Å². The first-order chi connectivity index (χ1) is 13.2. The van der Waals surface area contributed by atoms with Crippen LogP contribution in [0.5, 0.6) is 0 Å². The highest BCUT2D eigenvalue weighted by Crippen LogP contribution is 2.22. The standard InChI is InChI=1S/C11H8N2O.C10H8ClNO/c12-6-9-3-4-13-11-2-1-8(7-14)5-10(9)11;11-9-3-4-12-10-2-1-7(6-13)5-8(9)10/h1-5,14H,7H2;1-5,13H,6H2. The Morgan fingerprint density at radius 1 is 0.815 bits per heavy atom. The van der Waals surface area contributed by atoms with Gasteiger partial charge < -0.3 is 10.2 Å². The Morgan fingerprint density at radius 2 is 1.37 bits per heavy atom. The Morgan fingerprint density at radius 3 is 1.96 bits per heavy atom. The topological polar surface area (TPSA) is 90.0 Å². The van der Waals surface area contributed by atoms with Crippen LogP contribution in [0.1, 0.15) is 16.7 Å². The van der Waals surface area contributed by atoms with Crippen molar-refractivity contribution in [1.29, 1.82) is 5.26 Å². The zero-order valence-corrected chi connectivity index (χ0v) is 15.1. The molecule has 0 saturated heterocycles. The molecule has 0 bridgehead atoms. The smallest absolute Gasteiger partial charge is 0.0999 e. The van der Waals surface area contributed by atoms with Gasteiger partial charge in [-0.3, -0.25) is 9.97 Å². The van der Waals surface area contributed by atoms with Crippen molar-refractivity contribution in [3.63, 3.8) is 0 Å². The average molecular weight is 378 g/mol. The summed E-state index contributed by atoms with van der Waals surface area (Å²) in [4.78, 5) is 8.28. The number of hydrogen-bond acceptors (Lipinski definition) is 5. The number of nitrogens with zero attached hydrogens (tertiary/aromatic N) is 3. The maximum absolute atomic E-state index is 8.96. The van der Waals surface area contributed by atoms with Crippen LogP contribution in [0.3, 0.4) is 0 Å². The summed E-state index contributed by atoms with van der Waals surface area (Å²) in [5.41, 5.74) is 3.86. The lowest BCUT2D eigenvalue weighted by molar-refractivity contribution is 0.282. The van der Waals surface area contributed by atoms with Crippen molar-refractivity contribution in [3.8, 4) is 6.07 Å². The van der Waals surface area contributed by atoms with Gasteiger partial charge in [0, 0.05) is 23.2 Å². The van der Waals surface area contributed by atoms with E-state index in [1.807, 2.05) is 24.3 Å². The number of rotatable bonds is 2. The lowest BCUT2D eigenvalue weighted by Gasteiger charge is -2.01. The summed E-state index contributed by atoms with van der Waals surface area (Å²) < 4.78 is 0. The van der Waals surface area contributed by atoms with E-state index in [1.54, 1.807) is 36.7 Å². The van der Waals surface area contributed by atoms with E-state index in [1.165, 1.54) is 0 Å². The predicted octanol–water partition coefficient (Wildman–Crippen LogP) is 3.98. The van der Waals surface area contributed by atoms with Crippen LogP contribution in [0, 0.1) is 11.3 Å². The van der Waals surface area contributed by atoms with E-state index in [9.17, 15) is 0 Å². The van der Waals surface area contributed by atoms with Crippen LogP contribution < -0.4 is 0 Å². The maximum atomic E-state index is 8.96. The molecular weight excluding hydrogens is 362 g/mol. The molecule has 2 heterocycles. The molecular formula is C21H16ClN3O2. The number of aliphatic hydroxyl groups is 2. The first-order valence-electron chi connectivity index (χ1n) is 8.19. The molecule has 134 valence electrons. The third-order valence-electron chi connectivity index (χ3n) is 4.04. The minimum Gasteiger partial charge on any atom is -0.392 e. The van der Waals surface area contributed by atoms with Gasteiger partial charge >= 0.3 is 0 Å². The van der Waals surface area contributed by atoms with Gasteiger partial charge in [0.1, 0.15) is 0 Å². The molecule has 0 aliphatic carbocycles. The molecule has 0 atom stereocenters. The molecule has 0 radical (unpaired) electrons. The van der Waals surface area contributed by atoms with E-state index in [0.29, 0.717) is 10.6 Å². The minimum atomic E-state index is -0.0182. The van der Waals surface area contributed by atoms with E-state index >= 15 is 0 Å². The summed E-state index contributed by atoms with van der Waals surface area (Å²) >= 11 is 5.96. The van der Waals surface area contributed by atoms with Gasteiger partial charge in [-0.2, -0.15) is 5.26 Å². The molecule has 0 saturated carbocycles. The molecule has 0 fully saturated rings.